The summed E-state index contributed by atoms with van der Waals surface area (Å²) in [5.41, 5.74) is 1.42. The first kappa shape index (κ1) is 19.3. The zero-order valence-corrected chi connectivity index (χ0v) is 16.5. The summed E-state index contributed by atoms with van der Waals surface area (Å²) in [6, 6.07) is 9.38. The molecule has 1 fully saturated rings. The van der Waals surface area contributed by atoms with Crippen molar-refractivity contribution in [3.8, 4) is 0 Å². The monoisotopic (exact) mass is 385 g/mol. The Morgan fingerprint density at radius 2 is 1.89 bits per heavy atom. The number of ether oxygens (including phenoxy) is 1. The molecule has 6 nitrogen and oxygen atoms in total. The third-order valence-corrected chi connectivity index (χ3v) is 5.00. The van der Waals surface area contributed by atoms with Gasteiger partial charge in [0.1, 0.15) is 0 Å². The third-order valence-electron chi connectivity index (χ3n) is 4.16. The second kappa shape index (κ2) is 8.45. The molecule has 2 amide bonds. The quantitative estimate of drug-likeness (QED) is 0.756. The van der Waals surface area contributed by atoms with Crippen LogP contribution in [0.3, 0.4) is 0 Å². The van der Waals surface area contributed by atoms with Crippen molar-refractivity contribution in [2.24, 2.45) is 0 Å². The van der Waals surface area contributed by atoms with E-state index in [0.29, 0.717) is 23.9 Å². The lowest BCUT2D eigenvalue weighted by atomic mass is 10.2. The van der Waals surface area contributed by atoms with Crippen LogP contribution in [0.15, 0.2) is 41.8 Å². The Morgan fingerprint density at radius 1 is 1.22 bits per heavy atom. The fourth-order valence-corrected chi connectivity index (χ4v) is 3.93. The molecule has 1 aromatic carbocycles. The summed E-state index contributed by atoms with van der Waals surface area (Å²) in [4.78, 5) is 32.4. The van der Waals surface area contributed by atoms with Gasteiger partial charge in [-0.15, -0.1) is 11.3 Å². The molecule has 1 aromatic heterocycles. The normalized spacial score (nSPS) is 20.0. The van der Waals surface area contributed by atoms with Gasteiger partial charge in [0.05, 0.1) is 23.6 Å². The second-order valence-corrected chi connectivity index (χ2v) is 7.42. The average Bonchev–Trinajstić information content (AvgIpc) is 3.08. The first-order valence-corrected chi connectivity index (χ1v) is 9.75. The molecular weight excluding hydrogens is 362 g/mol. The smallest absolute Gasteiger partial charge is 0.246 e. The molecule has 0 N–H and O–H groups in total. The highest BCUT2D eigenvalue weighted by Crippen LogP contribution is 2.29. The molecular formula is C20H23N3O3S. The highest BCUT2D eigenvalue weighted by molar-refractivity contribution is 7.14. The number of nitrogens with zero attached hydrogens (tertiary/aromatic N) is 3. The van der Waals surface area contributed by atoms with E-state index in [0.717, 1.165) is 5.69 Å². The van der Waals surface area contributed by atoms with Gasteiger partial charge in [0.2, 0.25) is 11.8 Å². The molecule has 142 valence electrons. The van der Waals surface area contributed by atoms with Crippen LogP contribution >= 0.6 is 11.3 Å². The number of anilines is 2. The first-order chi connectivity index (χ1) is 12.9. The number of carbonyl (C=O) groups excluding carboxylic acids is 2. The molecule has 0 aliphatic carbocycles. The van der Waals surface area contributed by atoms with Crippen molar-refractivity contribution in [2.45, 2.75) is 33.0 Å². The molecule has 27 heavy (non-hydrogen) atoms. The molecule has 2 aromatic rings. The predicted molar refractivity (Wildman–Crippen MR) is 107 cm³/mol. The number of carbonyl (C=O) groups is 2. The summed E-state index contributed by atoms with van der Waals surface area (Å²) in [6.45, 7) is 6.61. The summed E-state index contributed by atoms with van der Waals surface area (Å²) < 4.78 is 5.66. The minimum absolute atomic E-state index is 0.0342. The van der Waals surface area contributed by atoms with E-state index in [9.17, 15) is 9.59 Å². The topological polar surface area (TPSA) is 62.7 Å². The predicted octanol–water partition coefficient (Wildman–Crippen LogP) is 3.48. The van der Waals surface area contributed by atoms with Crippen LogP contribution in [0.4, 0.5) is 10.8 Å². The van der Waals surface area contributed by atoms with Crippen molar-refractivity contribution < 1.29 is 14.3 Å². The summed E-state index contributed by atoms with van der Waals surface area (Å²) in [5.74, 6) is -0.170. The maximum atomic E-state index is 12.4. The van der Waals surface area contributed by atoms with E-state index in [4.69, 9.17) is 4.74 Å². The van der Waals surface area contributed by atoms with Gasteiger partial charge in [-0.2, -0.15) is 0 Å². The van der Waals surface area contributed by atoms with Gasteiger partial charge in [-0.3, -0.25) is 14.5 Å². The van der Waals surface area contributed by atoms with Gasteiger partial charge in [-0.25, -0.2) is 4.98 Å². The molecule has 1 aliphatic heterocycles. The van der Waals surface area contributed by atoms with Crippen LogP contribution in [0.25, 0.3) is 6.08 Å². The molecule has 0 radical (unpaired) electrons. The van der Waals surface area contributed by atoms with E-state index in [1.165, 1.54) is 24.3 Å². The fourth-order valence-electron chi connectivity index (χ4n) is 3.08. The minimum Gasteiger partial charge on any atom is -0.372 e. The SMILES string of the molecule is CC(=O)N(c1ccccc1)c1nc(/C=C/C(=O)N2C[C@H](C)O[C@@H](C)C2)cs1. The van der Waals surface area contributed by atoms with Gasteiger partial charge in [-0.1, -0.05) is 18.2 Å². The van der Waals surface area contributed by atoms with E-state index in [1.54, 1.807) is 15.9 Å². The Labute approximate surface area is 163 Å². The Balaban J connectivity index is 1.72. The maximum Gasteiger partial charge on any atom is 0.246 e. The average molecular weight is 385 g/mol. The first-order valence-electron chi connectivity index (χ1n) is 8.87. The molecule has 2 atom stereocenters. The van der Waals surface area contributed by atoms with Gasteiger partial charge in [0, 0.05) is 31.5 Å². The molecule has 2 heterocycles. The van der Waals surface area contributed by atoms with E-state index in [1.807, 2.05) is 49.6 Å². The number of amides is 2. The maximum absolute atomic E-state index is 12.4. The van der Waals surface area contributed by atoms with Crippen molar-refractivity contribution in [1.82, 2.24) is 9.88 Å². The van der Waals surface area contributed by atoms with Crippen molar-refractivity contribution in [3.63, 3.8) is 0 Å². The zero-order chi connectivity index (χ0) is 19.4. The van der Waals surface area contributed by atoms with Crippen LogP contribution in [-0.2, 0) is 14.3 Å². The number of morpholine rings is 1. The number of hydrogen-bond donors (Lipinski definition) is 0. The van der Waals surface area contributed by atoms with E-state index < -0.39 is 0 Å². The van der Waals surface area contributed by atoms with Crippen LogP contribution in [-0.4, -0.2) is 47.0 Å². The standard InChI is InChI=1S/C20H23N3O3S/c1-14-11-22(12-15(2)26-14)19(25)10-9-17-13-27-20(21-17)23(16(3)24)18-7-5-4-6-8-18/h4-10,13-15H,11-12H2,1-3H3/b10-9+/t14-,15-/m0/s1. The van der Waals surface area contributed by atoms with Gasteiger partial charge in [-0.05, 0) is 32.1 Å². The Hall–Kier alpha value is -2.51. The third kappa shape index (κ3) is 4.81. The Morgan fingerprint density at radius 3 is 2.52 bits per heavy atom. The summed E-state index contributed by atoms with van der Waals surface area (Å²) in [7, 11) is 0. The van der Waals surface area contributed by atoms with Crippen LogP contribution in [0.2, 0.25) is 0 Å². The van der Waals surface area contributed by atoms with Gasteiger partial charge < -0.3 is 9.64 Å². The van der Waals surface area contributed by atoms with Crippen LogP contribution in [0.5, 0.6) is 0 Å². The second-order valence-electron chi connectivity index (χ2n) is 6.58. The number of para-hydroxylation sites is 1. The molecule has 1 aliphatic rings. The van der Waals surface area contributed by atoms with E-state index in [-0.39, 0.29) is 24.0 Å². The van der Waals surface area contributed by atoms with Crippen LogP contribution < -0.4 is 4.90 Å². The number of rotatable bonds is 4. The molecule has 0 unspecified atom stereocenters. The van der Waals surface area contributed by atoms with Crippen molar-refractivity contribution in [1.29, 1.82) is 0 Å². The van der Waals surface area contributed by atoms with Crippen molar-refractivity contribution >= 4 is 40.0 Å². The van der Waals surface area contributed by atoms with Crippen molar-refractivity contribution in [3.05, 3.63) is 47.5 Å². The van der Waals surface area contributed by atoms with E-state index >= 15 is 0 Å². The lowest BCUT2D eigenvalue weighted by Gasteiger charge is -2.34. The number of aromatic nitrogens is 1. The molecule has 0 spiro atoms. The minimum atomic E-state index is -0.113. The summed E-state index contributed by atoms with van der Waals surface area (Å²) in [5, 5.41) is 2.41. The van der Waals surface area contributed by atoms with Crippen LogP contribution in [0.1, 0.15) is 26.5 Å². The molecule has 3 rings (SSSR count). The molecule has 1 saturated heterocycles. The Kier molecular flexibility index (Phi) is 6.03. The lowest BCUT2D eigenvalue weighted by Crippen LogP contribution is -2.47. The largest absolute Gasteiger partial charge is 0.372 e. The van der Waals surface area contributed by atoms with Crippen LogP contribution in [0, 0.1) is 0 Å². The summed E-state index contributed by atoms with van der Waals surface area (Å²) in [6.07, 6.45) is 3.29. The highest BCUT2D eigenvalue weighted by atomic mass is 32.1. The molecule has 0 bridgehead atoms. The summed E-state index contributed by atoms with van der Waals surface area (Å²) >= 11 is 1.37. The van der Waals surface area contributed by atoms with Crippen molar-refractivity contribution in [2.75, 3.05) is 18.0 Å². The Bertz CT molecular complexity index is 824. The fraction of sp³-hybridized carbons (Fsp3) is 0.350. The number of benzene rings is 1. The zero-order valence-electron chi connectivity index (χ0n) is 15.7. The molecule has 7 heteroatoms. The number of hydrogen-bond acceptors (Lipinski definition) is 5. The molecule has 0 saturated carbocycles. The van der Waals surface area contributed by atoms with Gasteiger partial charge in [0.15, 0.2) is 5.13 Å². The highest BCUT2D eigenvalue weighted by Gasteiger charge is 2.24. The number of thiazole rings is 1. The van der Waals surface area contributed by atoms with E-state index in [2.05, 4.69) is 4.98 Å². The lowest BCUT2D eigenvalue weighted by molar-refractivity contribution is -0.137. The van der Waals surface area contributed by atoms with Gasteiger partial charge >= 0.3 is 0 Å². The van der Waals surface area contributed by atoms with Gasteiger partial charge in [0.25, 0.3) is 0 Å².